The van der Waals surface area contributed by atoms with Gasteiger partial charge in [-0.1, -0.05) is 32.0 Å². The van der Waals surface area contributed by atoms with E-state index in [4.69, 9.17) is 4.74 Å². The van der Waals surface area contributed by atoms with Crippen LogP contribution in [0.2, 0.25) is 0 Å². The predicted octanol–water partition coefficient (Wildman–Crippen LogP) is 2.65. The summed E-state index contributed by atoms with van der Waals surface area (Å²) in [5.74, 6) is 1.67. The van der Waals surface area contributed by atoms with Crippen LogP contribution < -0.4 is 4.74 Å². The van der Waals surface area contributed by atoms with Crippen molar-refractivity contribution < 1.29 is 4.74 Å². The smallest absolute Gasteiger partial charge is 0.119 e. The average Bonchev–Trinajstić information content (AvgIpc) is 2.18. The highest BCUT2D eigenvalue weighted by Crippen LogP contribution is 2.07. The van der Waals surface area contributed by atoms with Gasteiger partial charge in [0, 0.05) is 13.1 Å². The Morgan fingerprint density at radius 3 is 2.47 bits per heavy atom. The zero-order valence-electron chi connectivity index (χ0n) is 9.94. The van der Waals surface area contributed by atoms with Gasteiger partial charge in [-0.05, 0) is 25.1 Å². The topological polar surface area (TPSA) is 12.5 Å². The minimum absolute atomic E-state index is 0.715. The molecule has 0 atom stereocenters. The van der Waals surface area contributed by atoms with E-state index in [2.05, 4.69) is 25.8 Å². The van der Waals surface area contributed by atoms with E-state index in [1.54, 1.807) is 0 Å². The van der Waals surface area contributed by atoms with Crippen molar-refractivity contribution in [2.24, 2.45) is 5.92 Å². The van der Waals surface area contributed by atoms with Crippen LogP contribution in [0.4, 0.5) is 0 Å². The second kappa shape index (κ2) is 6.46. The SMILES string of the molecule is CC(C)CN(C)CCOc1ccccc1. The van der Waals surface area contributed by atoms with Crippen LogP contribution in [0.25, 0.3) is 0 Å². The Kier molecular flexibility index (Phi) is 5.19. The van der Waals surface area contributed by atoms with Crippen LogP contribution in [-0.2, 0) is 0 Å². The molecule has 0 fully saturated rings. The van der Waals surface area contributed by atoms with Crippen molar-refractivity contribution in [2.45, 2.75) is 13.8 Å². The zero-order chi connectivity index (χ0) is 11.1. The van der Waals surface area contributed by atoms with Gasteiger partial charge in [0.15, 0.2) is 0 Å². The second-order valence-corrected chi connectivity index (χ2v) is 4.32. The zero-order valence-corrected chi connectivity index (χ0v) is 9.94. The molecular weight excluding hydrogens is 186 g/mol. The highest BCUT2D eigenvalue weighted by Gasteiger charge is 2.01. The van der Waals surface area contributed by atoms with E-state index in [9.17, 15) is 0 Å². The van der Waals surface area contributed by atoms with Crippen LogP contribution in [0.5, 0.6) is 5.75 Å². The normalized spacial score (nSPS) is 11.0. The molecule has 0 bridgehead atoms. The first kappa shape index (κ1) is 12.1. The molecule has 0 N–H and O–H groups in total. The summed E-state index contributed by atoms with van der Waals surface area (Å²) in [7, 11) is 2.13. The van der Waals surface area contributed by atoms with E-state index < -0.39 is 0 Å². The molecule has 1 rings (SSSR count). The van der Waals surface area contributed by atoms with E-state index in [-0.39, 0.29) is 0 Å². The van der Waals surface area contributed by atoms with Crippen LogP contribution in [-0.4, -0.2) is 31.6 Å². The van der Waals surface area contributed by atoms with Gasteiger partial charge in [-0.2, -0.15) is 0 Å². The Hall–Kier alpha value is -1.02. The molecular formula is C13H21NO. The van der Waals surface area contributed by atoms with Crippen molar-refractivity contribution in [3.63, 3.8) is 0 Å². The number of likely N-dealkylation sites (N-methyl/N-ethyl adjacent to an activating group) is 1. The molecule has 0 aliphatic carbocycles. The molecule has 0 unspecified atom stereocenters. The lowest BCUT2D eigenvalue weighted by atomic mass is 10.2. The molecule has 1 aromatic carbocycles. The van der Waals surface area contributed by atoms with E-state index in [0.717, 1.165) is 25.4 Å². The summed E-state index contributed by atoms with van der Waals surface area (Å²) in [5.41, 5.74) is 0. The number of hydrogen-bond donors (Lipinski definition) is 0. The van der Waals surface area contributed by atoms with E-state index >= 15 is 0 Å². The van der Waals surface area contributed by atoms with Gasteiger partial charge in [0.25, 0.3) is 0 Å². The Balaban J connectivity index is 2.16. The first-order valence-corrected chi connectivity index (χ1v) is 5.55. The summed E-state index contributed by atoms with van der Waals surface area (Å²) < 4.78 is 5.62. The lowest BCUT2D eigenvalue weighted by Crippen LogP contribution is -2.27. The molecule has 0 aliphatic heterocycles. The molecule has 0 saturated carbocycles. The van der Waals surface area contributed by atoms with Crippen molar-refractivity contribution in [2.75, 3.05) is 26.7 Å². The maximum absolute atomic E-state index is 5.62. The third-order valence-electron chi connectivity index (χ3n) is 2.16. The minimum atomic E-state index is 0.715. The summed E-state index contributed by atoms with van der Waals surface area (Å²) in [4.78, 5) is 2.30. The van der Waals surface area contributed by atoms with Crippen molar-refractivity contribution in [1.29, 1.82) is 0 Å². The third kappa shape index (κ3) is 5.43. The Morgan fingerprint density at radius 2 is 1.87 bits per heavy atom. The maximum Gasteiger partial charge on any atom is 0.119 e. The Bertz CT molecular complexity index is 258. The quantitative estimate of drug-likeness (QED) is 0.711. The average molecular weight is 207 g/mol. The number of hydrogen-bond acceptors (Lipinski definition) is 2. The second-order valence-electron chi connectivity index (χ2n) is 4.32. The summed E-state index contributed by atoms with van der Waals surface area (Å²) in [6.45, 7) is 7.32. The molecule has 0 amide bonds. The van der Waals surface area contributed by atoms with Gasteiger partial charge in [0.1, 0.15) is 12.4 Å². The van der Waals surface area contributed by atoms with Gasteiger partial charge in [-0.25, -0.2) is 0 Å². The molecule has 0 saturated heterocycles. The van der Waals surface area contributed by atoms with Gasteiger partial charge in [0.2, 0.25) is 0 Å². The maximum atomic E-state index is 5.62. The van der Waals surface area contributed by atoms with Crippen LogP contribution in [0, 0.1) is 5.92 Å². The lowest BCUT2D eigenvalue weighted by Gasteiger charge is -2.18. The number of para-hydroxylation sites is 1. The van der Waals surface area contributed by atoms with Crippen LogP contribution in [0.15, 0.2) is 30.3 Å². The minimum Gasteiger partial charge on any atom is -0.492 e. The molecule has 0 spiro atoms. The Morgan fingerprint density at radius 1 is 1.20 bits per heavy atom. The highest BCUT2D eigenvalue weighted by molar-refractivity contribution is 5.20. The molecule has 2 heteroatoms. The summed E-state index contributed by atoms with van der Waals surface area (Å²) in [6.07, 6.45) is 0. The monoisotopic (exact) mass is 207 g/mol. The standard InChI is InChI=1S/C13H21NO/c1-12(2)11-14(3)9-10-15-13-7-5-4-6-8-13/h4-8,12H,9-11H2,1-3H3. The third-order valence-corrected chi connectivity index (χ3v) is 2.16. The van der Waals surface area contributed by atoms with Gasteiger partial charge in [0.05, 0.1) is 0 Å². The molecule has 0 aromatic heterocycles. The molecule has 1 aromatic rings. The summed E-state index contributed by atoms with van der Waals surface area (Å²) in [6, 6.07) is 9.96. The lowest BCUT2D eigenvalue weighted by molar-refractivity contribution is 0.223. The van der Waals surface area contributed by atoms with Crippen LogP contribution in [0.3, 0.4) is 0 Å². The molecule has 84 valence electrons. The van der Waals surface area contributed by atoms with Crippen LogP contribution >= 0.6 is 0 Å². The molecule has 0 radical (unpaired) electrons. The fraction of sp³-hybridized carbons (Fsp3) is 0.538. The predicted molar refractivity (Wildman–Crippen MR) is 64.3 cm³/mol. The highest BCUT2D eigenvalue weighted by atomic mass is 16.5. The number of rotatable bonds is 6. The molecule has 0 aliphatic rings. The van der Waals surface area contributed by atoms with Gasteiger partial charge >= 0.3 is 0 Å². The van der Waals surface area contributed by atoms with Crippen molar-refractivity contribution >= 4 is 0 Å². The van der Waals surface area contributed by atoms with Gasteiger partial charge in [-0.15, -0.1) is 0 Å². The molecule has 15 heavy (non-hydrogen) atoms. The van der Waals surface area contributed by atoms with Crippen LogP contribution in [0.1, 0.15) is 13.8 Å². The summed E-state index contributed by atoms with van der Waals surface area (Å²) >= 11 is 0. The fourth-order valence-electron chi connectivity index (χ4n) is 1.55. The van der Waals surface area contributed by atoms with Crippen molar-refractivity contribution in [1.82, 2.24) is 4.90 Å². The van der Waals surface area contributed by atoms with E-state index in [1.807, 2.05) is 30.3 Å². The van der Waals surface area contributed by atoms with E-state index in [1.165, 1.54) is 0 Å². The van der Waals surface area contributed by atoms with E-state index in [0.29, 0.717) is 5.92 Å². The molecule has 0 heterocycles. The molecule has 2 nitrogen and oxygen atoms in total. The largest absolute Gasteiger partial charge is 0.492 e. The van der Waals surface area contributed by atoms with Gasteiger partial charge < -0.3 is 9.64 Å². The summed E-state index contributed by atoms with van der Waals surface area (Å²) in [5, 5.41) is 0. The van der Waals surface area contributed by atoms with Crippen molar-refractivity contribution in [3.8, 4) is 5.75 Å². The van der Waals surface area contributed by atoms with Gasteiger partial charge in [-0.3, -0.25) is 0 Å². The number of nitrogens with zero attached hydrogens (tertiary/aromatic N) is 1. The Labute approximate surface area is 92.9 Å². The first-order chi connectivity index (χ1) is 7.18. The number of ether oxygens (including phenoxy) is 1. The number of benzene rings is 1. The van der Waals surface area contributed by atoms with Crippen molar-refractivity contribution in [3.05, 3.63) is 30.3 Å². The fourth-order valence-corrected chi connectivity index (χ4v) is 1.55. The first-order valence-electron chi connectivity index (χ1n) is 5.55.